The summed E-state index contributed by atoms with van der Waals surface area (Å²) in [5, 5.41) is 27.8. The van der Waals surface area contributed by atoms with E-state index >= 15 is 0 Å². The molecule has 2 saturated heterocycles. The van der Waals surface area contributed by atoms with Crippen molar-refractivity contribution in [3.63, 3.8) is 0 Å². The molecule has 1 aromatic carbocycles. The molecule has 35 heavy (non-hydrogen) atoms. The van der Waals surface area contributed by atoms with Gasteiger partial charge in [-0.15, -0.1) is 5.10 Å². The van der Waals surface area contributed by atoms with Crippen LogP contribution in [0.5, 0.6) is 5.75 Å². The molecule has 186 valence electrons. The number of aliphatic hydroxyl groups excluding tert-OH is 1. The number of rotatable bonds is 8. The second-order valence-corrected chi connectivity index (χ2v) is 10.0. The van der Waals surface area contributed by atoms with E-state index in [4.69, 9.17) is 21.4 Å². The molecule has 4 heterocycles. The number of aromatic nitrogens is 6. The van der Waals surface area contributed by atoms with E-state index in [2.05, 4.69) is 54.9 Å². The summed E-state index contributed by atoms with van der Waals surface area (Å²) < 4.78 is 7.12. The zero-order chi connectivity index (χ0) is 24.4. The molecule has 2 aliphatic heterocycles. The van der Waals surface area contributed by atoms with Gasteiger partial charge >= 0.3 is 0 Å². The van der Waals surface area contributed by atoms with Gasteiger partial charge in [-0.3, -0.25) is 4.90 Å². The van der Waals surface area contributed by atoms with Gasteiger partial charge in [0.1, 0.15) is 29.4 Å². The molecule has 0 radical (unpaired) electrons. The number of halogens is 1. The number of ether oxygens (including phenoxy) is 1. The van der Waals surface area contributed by atoms with E-state index in [-0.39, 0.29) is 18.8 Å². The van der Waals surface area contributed by atoms with E-state index in [1.807, 2.05) is 12.1 Å². The fourth-order valence-electron chi connectivity index (χ4n) is 5.29. The largest absolute Gasteiger partial charge is 0.489 e. The van der Waals surface area contributed by atoms with Gasteiger partial charge in [-0.25, -0.2) is 4.98 Å². The second-order valence-electron chi connectivity index (χ2n) is 9.61. The van der Waals surface area contributed by atoms with Crippen LogP contribution in [0.25, 0.3) is 5.69 Å². The Balaban J connectivity index is 1.34. The zero-order valence-electron chi connectivity index (χ0n) is 19.9. The molecule has 0 saturated carbocycles. The van der Waals surface area contributed by atoms with Gasteiger partial charge in [0, 0.05) is 23.3 Å². The Bertz CT molecular complexity index is 1160. The van der Waals surface area contributed by atoms with Crippen LogP contribution < -0.4 is 15.4 Å². The van der Waals surface area contributed by atoms with Gasteiger partial charge in [0.15, 0.2) is 5.82 Å². The molecule has 2 aromatic heterocycles. The molecule has 0 unspecified atom stereocenters. The van der Waals surface area contributed by atoms with Gasteiger partial charge in [0.2, 0.25) is 5.95 Å². The van der Waals surface area contributed by atoms with Crippen molar-refractivity contribution in [2.24, 2.45) is 0 Å². The molecule has 2 atom stereocenters. The quantitative estimate of drug-likeness (QED) is 0.425. The average molecular weight is 500 g/mol. The summed E-state index contributed by atoms with van der Waals surface area (Å²) in [6.07, 6.45) is 7.69. The minimum atomic E-state index is -0.0968. The molecule has 3 aromatic rings. The minimum absolute atomic E-state index is 0.0968. The van der Waals surface area contributed by atoms with Crippen LogP contribution in [0.3, 0.4) is 0 Å². The number of hydrogen-bond donors (Lipinski definition) is 3. The van der Waals surface area contributed by atoms with Crippen molar-refractivity contribution in [3.8, 4) is 11.4 Å². The highest BCUT2D eigenvalue weighted by molar-refractivity contribution is 6.32. The predicted molar refractivity (Wildman–Crippen MR) is 133 cm³/mol. The second kappa shape index (κ2) is 9.92. The van der Waals surface area contributed by atoms with Crippen molar-refractivity contribution in [1.29, 1.82) is 0 Å². The number of nitrogens with one attached hydrogen (secondary N) is 2. The van der Waals surface area contributed by atoms with Crippen LogP contribution in [0.4, 0.5) is 17.5 Å². The SMILES string of the molecule is CC1(C)C[C@H](Nc2nc(Nc3ccc(OCCO)c(-n4cnnn4)c3)ncc2Cl)C[C@@H]2CCCN21. The molecule has 0 amide bonds. The Hall–Kier alpha value is -3.02. The number of tetrazole rings is 1. The number of aliphatic hydroxyl groups is 1. The van der Waals surface area contributed by atoms with E-state index in [0.717, 1.165) is 18.5 Å². The van der Waals surface area contributed by atoms with Gasteiger partial charge in [-0.05, 0) is 74.7 Å². The van der Waals surface area contributed by atoms with Gasteiger partial charge in [0.05, 0.1) is 12.8 Å². The maximum Gasteiger partial charge on any atom is 0.229 e. The summed E-state index contributed by atoms with van der Waals surface area (Å²) in [6.45, 7) is 5.89. The third kappa shape index (κ3) is 5.16. The molecule has 0 aliphatic carbocycles. The molecular weight excluding hydrogens is 470 g/mol. The van der Waals surface area contributed by atoms with Crippen LogP contribution in [-0.2, 0) is 0 Å². The third-order valence-corrected chi connectivity index (χ3v) is 6.98. The van der Waals surface area contributed by atoms with Crippen LogP contribution in [0.15, 0.2) is 30.7 Å². The summed E-state index contributed by atoms with van der Waals surface area (Å²) in [6, 6.07) is 6.34. The summed E-state index contributed by atoms with van der Waals surface area (Å²) in [5.74, 6) is 1.58. The van der Waals surface area contributed by atoms with Gasteiger partial charge in [-0.1, -0.05) is 11.6 Å². The van der Waals surface area contributed by atoms with Crippen LogP contribution in [-0.4, -0.2) is 77.6 Å². The highest BCUT2D eigenvalue weighted by Gasteiger charge is 2.43. The predicted octanol–water partition coefficient (Wildman–Crippen LogP) is 3.04. The smallest absolute Gasteiger partial charge is 0.229 e. The fraction of sp³-hybridized carbons (Fsp3) is 0.522. The standard InChI is InChI=1S/C23H30ClN9O2/c1-23(2)12-16(10-17-4-3-7-32(17)23)27-21-18(24)13-25-22(29-21)28-15-5-6-20(35-9-8-34)19(11-15)33-14-26-30-31-33/h5-6,11,13-14,16-17,34H,3-4,7-10,12H2,1-2H3,(H2,25,27,28,29)/t16-,17+/m1/s1. The highest BCUT2D eigenvalue weighted by atomic mass is 35.5. The van der Waals surface area contributed by atoms with Gasteiger partial charge < -0.3 is 20.5 Å². The molecule has 0 bridgehead atoms. The van der Waals surface area contributed by atoms with Crippen molar-refractivity contribution in [1.82, 2.24) is 35.1 Å². The first kappa shape index (κ1) is 23.7. The van der Waals surface area contributed by atoms with Crippen molar-refractivity contribution < 1.29 is 9.84 Å². The summed E-state index contributed by atoms with van der Waals surface area (Å²) in [5.41, 5.74) is 1.48. The van der Waals surface area contributed by atoms with Crippen molar-refractivity contribution in [2.75, 3.05) is 30.4 Å². The monoisotopic (exact) mass is 499 g/mol. The normalized spacial score (nSPS) is 21.5. The van der Waals surface area contributed by atoms with Crippen LogP contribution in [0, 0.1) is 0 Å². The van der Waals surface area contributed by atoms with Crippen molar-refractivity contribution in [2.45, 2.75) is 57.2 Å². The number of piperidine rings is 1. The lowest BCUT2D eigenvalue weighted by Gasteiger charge is -2.47. The highest BCUT2D eigenvalue weighted by Crippen LogP contribution is 2.39. The van der Waals surface area contributed by atoms with E-state index in [1.54, 1.807) is 12.3 Å². The number of anilines is 3. The maximum absolute atomic E-state index is 9.12. The van der Waals surface area contributed by atoms with Gasteiger partial charge in [-0.2, -0.15) is 9.67 Å². The molecule has 5 rings (SSSR count). The molecule has 2 fully saturated rings. The molecule has 3 N–H and O–H groups in total. The van der Waals surface area contributed by atoms with Crippen LogP contribution in [0.2, 0.25) is 5.02 Å². The molecule has 0 spiro atoms. The van der Waals surface area contributed by atoms with E-state index < -0.39 is 0 Å². The Morgan fingerprint density at radius 1 is 1.31 bits per heavy atom. The van der Waals surface area contributed by atoms with Crippen molar-refractivity contribution in [3.05, 3.63) is 35.7 Å². The minimum Gasteiger partial charge on any atom is -0.489 e. The lowest BCUT2D eigenvalue weighted by Crippen LogP contribution is -2.55. The fourth-order valence-corrected chi connectivity index (χ4v) is 5.44. The first-order valence-electron chi connectivity index (χ1n) is 11.9. The van der Waals surface area contributed by atoms with E-state index in [9.17, 15) is 0 Å². The summed E-state index contributed by atoms with van der Waals surface area (Å²) in [4.78, 5) is 11.7. The number of benzene rings is 1. The molecule has 12 heteroatoms. The van der Waals surface area contributed by atoms with E-state index in [0.29, 0.717) is 40.3 Å². The van der Waals surface area contributed by atoms with E-state index in [1.165, 1.54) is 30.4 Å². The Labute approximate surface area is 208 Å². The number of nitrogens with zero attached hydrogens (tertiary/aromatic N) is 7. The number of fused-ring (bicyclic) bond motifs is 1. The first-order chi connectivity index (χ1) is 16.9. The topological polar surface area (TPSA) is 126 Å². The Morgan fingerprint density at radius 2 is 2.20 bits per heavy atom. The summed E-state index contributed by atoms with van der Waals surface area (Å²) in [7, 11) is 0. The van der Waals surface area contributed by atoms with Crippen molar-refractivity contribution >= 4 is 29.1 Å². The maximum atomic E-state index is 9.12. The Morgan fingerprint density at radius 3 is 3.00 bits per heavy atom. The van der Waals surface area contributed by atoms with Crippen LogP contribution in [0.1, 0.15) is 39.5 Å². The third-order valence-electron chi connectivity index (χ3n) is 6.70. The van der Waals surface area contributed by atoms with Gasteiger partial charge in [0.25, 0.3) is 0 Å². The first-order valence-corrected chi connectivity index (χ1v) is 12.2. The molecule has 2 aliphatic rings. The zero-order valence-corrected chi connectivity index (χ0v) is 20.6. The average Bonchev–Trinajstić information content (AvgIpc) is 3.53. The lowest BCUT2D eigenvalue weighted by atomic mass is 9.84. The number of hydrogen-bond acceptors (Lipinski definition) is 10. The molecule has 11 nitrogen and oxygen atoms in total. The molecular formula is C23H30ClN9O2. The Kier molecular flexibility index (Phi) is 6.72. The van der Waals surface area contributed by atoms with Crippen LogP contribution >= 0.6 is 11.6 Å². The summed E-state index contributed by atoms with van der Waals surface area (Å²) >= 11 is 6.47. The lowest BCUT2D eigenvalue weighted by molar-refractivity contribution is 0.0501.